The third-order valence-corrected chi connectivity index (χ3v) is 2.32. The Kier molecular flexibility index (Phi) is 4.70. The predicted octanol–water partition coefficient (Wildman–Crippen LogP) is 1.90. The first-order valence-electron chi connectivity index (χ1n) is 5.31. The quantitative estimate of drug-likeness (QED) is 0.489. The monoisotopic (exact) mass is 303 g/mol. The van der Waals surface area contributed by atoms with Gasteiger partial charge < -0.3 is 10.4 Å². The van der Waals surface area contributed by atoms with Gasteiger partial charge in [0.25, 0.3) is 0 Å². The summed E-state index contributed by atoms with van der Waals surface area (Å²) in [5.41, 5.74) is -2.79. The number of nitrogens with one attached hydrogen (secondary N) is 1. The number of carbonyl (C=O) groups is 1. The second-order valence-electron chi connectivity index (χ2n) is 3.78. The molecule has 7 nitrogen and oxygen atoms in total. The molecule has 0 aliphatic heterocycles. The van der Waals surface area contributed by atoms with Crippen molar-refractivity contribution in [2.75, 3.05) is 5.32 Å². The molecule has 0 bridgehead atoms. The summed E-state index contributed by atoms with van der Waals surface area (Å²) in [6.45, 7) is 0. The van der Waals surface area contributed by atoms with E-state index in [4.69, 9.17) is 11.5 Å². The van der Waals surface area contributed by atoms with Crippen molar-refractivity contribution in [2.45, 2.75) is 18.6 Å². The molecule has 1 atom stereocenters. The molecule has 0 aliphatic rings. The van der Waals surface area contributed by atoms with Gasteiger partial charge in [-0.05, 0) is 6.07 Å². The lowest BCUT2D eigenvalue weighted by molar-refractivity contribution is -0.384. The van der Waals surface area contributed by atoms with Crippen LogP contribution < -0.4 is 5.32 Å². The number of aromatic nitrogens is 1. The lowest BCUT2D eigenvalue weighted by atomic mass is 10.2. The van der Waals surface area contributed by atoms with Crippen molar-refractivity contribution in [3.8, 4) is 12.3 Å². The van der Waals surface area contributed by atoms with Crippen molar-refractivity contribution in [2.24, 2.45) is 0 Å². The van der Waals surface area contributed by atoms with Crippen LogP contribution in [0.1, 0.15) is 12.1 Å². The lowest BCUT2D eigenvalue weighted by Gasteiger charge is -2.14. The number of pyridine rings is 1. The molecule has 1 aromatic heterocycles. The van der Waals surface area contributed by atoms with Gasteiger partial charge in [0.15, 0.2) is 0 Å². The number of rotatable bonds is 5. The molecule has 21 heavy (non-hydrogen) atoms. The van der Waals surface area contributed by atoms with Crippen molar-refractivity contribution < 1.29 is 28.0 Å². The molecule has 1 aromatic rings. The minimum Gasteiger partial charge on any atom is -0.480 e. The molecule has 0 amide bonds. The molecule has 10 heteroatoms. The van der Waals surface area contributed by atoms with Crippen LogP contribution in [0.2, 0.25) is 0 Å². The van der Waals surface area contributed by atoms with E-state index in [1.165, 1.54) is 0 Å². The maximum absolute atomic E-state index is 12.5. The topological polar surface area (TPSA) is 105 Å². The number of nitro groups is 1. The summed E-state index contributed by atoms with van der Waals surface area (Å²) in [5, 5.41) is 21.7. The molecule has 1 rings (SSSR count). The first-order chi connectivity index (χ1) is 9.66. The highest BCUT2D eigenvalue weighted by Crippen LogP contribution is 2.33. The Bertz CT molecular complexity index is 610. The van der Waals surface area contributed by atoms with E-state index in [1.807, 2.05) is 5.92 Å². The van der Waals surface area contributed by atoms with Gasteiger partial charge in [-0.15, -0.1) is 12.3 Å². The third-order valence-electron chi connectivity index (χ3n) is 2.32. The highest BCUT2D eigenvalue weighted by atomic mass is 19.4. The van der Waals surface area contributed by atoms with E-state index >= 15 is 0 Å². The number of alkyl halides is 3. The Morgan fingerprint density at radius 3 is 2.67 bits per heavy atom. The first kappa shape index (κ1) is 16.2. The number of carboxylic acids is 1. The zero-order valence-electron chi connectivity index (χ0n) is 10.2. The summed E-state index contributed by atoms with van der Waals surface area (Å²) < 4.78 is 37.6. The van der Waals surface area contributed by atoms with E-state index in [9.17, 15) is 28.1 Å². The summed E-state index contributed by atoms with van der Waals surface area (Å²) in [4.78, 5) is 23.6. The van der Waals surface area contributed by atoms with Crippen LogP contribution in [0.5, 0.6) is 0 Å². The van der Waals surface area contributed by atoms with Gasteiger partial charge in [-0.25, -0.2) is 9.78 Å². The van der Waals surface area contributed by atoms with Gasteiger partial charge in [0.1, 0.15) is 23.6 Å². The van der Waals surface area contributed by atoms with Crippen molar-refractivity contribution >= 4 is 17.3 Å². The number of hydrogen-bond acceptors (Lipinski definition) is 5. The number of terminal acetylenes is 1. The zero-order chi connectivity index (χ0) is 16.2. The molecule has 1 heterocycles. The van der Waals surface area contributed by atoms with Crippen molar-refractivity contribution in [1.29, 1.82) is 0 Å². The second kappa shape index (κ2) is 6.08. The van der Waals surface area contributed by atoms with Crippen molar-refractivity contribution in [1.82, 2.24) is 4.98 Å². The number of hydrogen-bond donors (Lipinski definition) is 2. The Balaban J connectivity index is 3.27. The average Bonchev–Trinajstić information content (AvgIpc) is 2.36. The average molecular weight is 303 g/mol. The SMILES string of the molecule is C#CCC(Nc1cc(C(F)(F)F)ncc1[N+](=O)[O-])C(=O)O. The molecule has 0 saturated heterocycles. The standard InChI is InChI=1S/C11H8F3N3O4/c1-2-3-6(10(18)19)16-7-4-9(11(12,13)14)15-5-8(7)17(20)21/h1,4-6H,3H2,(H,15,16)(H,18,19). The molecule has 1 unspecified atom stereocenters. The van der Waals surface area contributed by atoms with Crippen molar-refractivity contribution in [3.05, 3.63) is 28.1 Å². The third kappa shape index (κ3) is 4.07. The summed E-state index contributed by atoms with van der Waals surface area (Å²) in [6, 6.07) is -1.10. The Labute approximate surface area is 115 Å². The van der Waals surface area contributed by atoms with Gasteiger partial charge in [-0.3, -0.25) is 10.1 Å². The van der Waals surface area contributed by atoms with Gasteiger partial charge in [-0.1, -0.05) is 0 Å². The van der Waals surface area contributed by atoms with Crippen LogP contribution in [0, 0.1) is 22.5 Å². The largest absolute Gasteiger partial charge is 0.480 e. The fourth-order valence-electron chi connectivity index (χ4n) is 1.37. The van der Waals surface area contributed by atoms with E-state index in [0.717, 1.165) is 0 Å². The normalized spacial score (nSPS) is 12.3. The number of aliphatic carboxylic acids is 1. The Morgan fingerprint density at radius 1 is 1.62 bits per heavy atom. The molecule has 0 radical (unpaired) electrons. The van der Waals surface area contributed by atoms with Crippen LogP contribution in [-0.4, -0.2) is 27.0 Å². The molecule has 0 fully saturated rings. The van der Waals surface area contributed by atoms with Gasteiger partial charge in [0.05, 0.1) is 4.92 Å². The van der Waals surface area contributed by atoms with Gasteiger partial charge in [-0.2, -0.15) is 13.2 Å². The summed E-state index contributed by atoms with van der Waals surface area (Å²) in [5.74, 6) is 0.561. The Morgan fingerprint density at radius 2 is 2.24 bits per heavy atom. The van der Waals surface area contributed by atoms with E-state index in [2.05, 4.69) is 10.3 Å². The minimum absolute atomic E-state index is 0.365. The highest BCUT2D eigenvalue weighted by molar-refractivity contribution is 5.79. The zero-order valence-corrected chi connectivity index (χ0v) is 10.2. The van der Waals surface area contributed by atoms with E-state index in [1.54, 1.807) is 0 Å². The molecule has 0 spiro atoms. The fraction of sp³-hybridized carbons (Fsp3) is 0.273. The van der Waals surface area contributed by atoms with Crippen molar-refractivity contribution in [3.63, 3.8) is 0 Å². The minimum atomic E-state index is -4.82. The highest BCUT2D eigenvalue weighted by Gasteiger charge is 2.35. The molecule has 2 N–H and O–H groups in total. The van der Waals surface area contributed by atoms with Gasteiger partial charge in [0, 0.05) is 6.42 Å². The smallest absolute Gasteiger partial charge is 0.433 e. The summed E-state index contributed by atoms with van der Waals surface area (Å²) in [7, 11) is 0. The number of halogens is 3. The summed E-state index contributed by atoms with van der Waals surface area (Å²) in [6.07, 6.45) is 0.153. The molecule has 0 aromatic carbocycles. The second-order valence-corrected chi connectivity index (χ2v) is 3.78. The molecular formula is C11H8F3N3O4. The van der Waals surface area contributed by atoms with Crippen LogP contribution in [0.4, 0.5) is 24.5 Å². The van der Waals surface area contributed by atoms with Crippen LogP contribution in [-0.2, 0) is 11.0 Å². The predicted molar refractivity (Wildman–Crippen MR) is 64.4 cm³/mol. The maximum Gasteiger partial charge on any atom is 0.433 e. The fourth-order valence-corrected chi connectivity index (χ4v) is 1.37. The van der Waals surface area contributed by atoms with Crippen LogP contribution >= 0.6 is 0 Å². The van der Waals surface area contributed by atoms with E-state index in [-0.39, 0.29) is 6.42 Å². The number of anilines is 1. The first-order valence-corrected chi connectivity index (χ1v) is 5.31. The molecule has 0 aliphatic carbocycles. The van der Waals surface area contributed by atoms with Gasteiger partial charge in [0.2, 0.25) is 0 Å². The van der Waals surface area contributed by atoms with Crippen LogP contribution in [0.15, 0.2) is 12.3 Å². The van der Waals surface area contributed by atoms with E-state index < -0.39 is 40.2 Å². The molecular weight excluding hydrogens is 295 g/mol. The van der Waals surface area contributed by atoms with E-state index in [0.29, 0.717) is 12.3 Å². The maximum atomic E-state index is 12.5. The van der Waals surface area contributed by atoms with Gasteiger partial charge >= 0.3 is 17.8 Å². The van der Waals surface area contributed by atoms with Crippen LogP contribution in [0.25, 0.3) is 0 Å². The molecule has 112 valence electrons. The summed E-state index contributed by atoms with van der Waals surface area (Å²) >= 11 is 0. The lowest BCUT2D eigenvalue weighted by Crippen LogP contribution is -2.29. The number of carboxylic acid groups (broad SMARTS) is 1. The van der Waals surface area contributed by atoms with Crippen LogP contribution in [0.3, 0.4) is 0 Å². The Hall–Kier alpha value is -2.83. The molecule has 0 saturated carbocycles. The number of nitrogens with zero attached hydrogens (tertiary/aromatic N) is 2.